The molecule has 0 saturated carbocycles. The molecule has 2 aromatic rings. The van der Waals surface area contributed by atoms with E-state index in [2.05, 4.69) is 0 Å². The van der Waals surface area contributed by atoms with Crippen LogP contribution in [0.5, 0.6) is 11.5 Å². The van der Waals surface area contributed by atoms with E-state index in [1.54, 1.807) is 48.5 Å². The Labute approximate surface area is 169 Å². The summed E-state index contributed by atoms with van der Waals surface area (Å²) in [7, 11) is 0. The van der Waals surface area contributed by atoms with Crippen LogP contribution in [0.15, 0.2) is 48.5 Å². The van der Waals surface area contributed by atoms with Gasteiger partial charge in [0, 0.05) is 0 Å². The molecule has 0 saturated heterocycles. The summed E-state index contributed by atoms with van der Waals surface area (Å²) in [4.78, 5) is 38.1. The molecule has 152 valence electrons. The average molecular weight is 397 g/mol. The van der Waals surface area contributed by atoms with Crippen LogP contribution in [0, 0.1) is 0 Å². The molecule has 2 aromatic carbocycles. The van der Waals surface area contributed by atoms with Crippen molar-refractivity contribution in [1.29, 1.82) is 0 Å². The summed E-state index contributed by atoms with van der Waals surface area (Å²) >= 11 is 0. The molecule has 0 aromatic heterocycles. The topological polar surface area (TPSA) is 82.1 Å². The SMILES string of the molecule is CCCOc1ccc(OCCOC(=O)[C@@H](C)N2C(=O)c3ccccc3C2=O)cc1. The highest BCUT2D eigenvalue weighted by Gasteiger charge is 2.41. The zero-order valence-electron chi connectivity index (χ0n) is 16.4. The Morgan fingerprint density at radius 3 is 1.90 bits per heavy atom. The minimum atomic E-state index is -1.02. The molecule has 29 heavy (non-hydrogen) atoms. The van der Waals surface area contributed by atoms with E-state index in [4.69, 9.17) is 14.2 Å². The summed E-state index contributed by atoms with van der Waals surface area (Å²) in [5, 5.41) is 0. The van der Waals surface area contributed by atoms with Crippen LogP contribution >= 0.6 is 0 Å². The summed E-state index contributed by atoms with van der Waals surface area (Å²) < 4.78 is 16.2. The zero-order chi connectivity index (χ0) is 20.8. The van der Waals surface area contributed by atoms with Gasteiger partial charge in [0.05, 0.1) is 17.7 Å². The largest absolute Gasteiger partial charge is 0.494 e. The third-order valence-corrected chi connectivity index (χ3v) is 4.45. The molecule has 0 spiro atoms. The normalized spacial score (nSPS) is 13.8. The van der Waals surface area contributed by atoms with Crippen LogP contribution in [-0.2, 0) is 9.53 Å². The molecule has 1 atom stereocenters. The Morgan fingerprint density at radius 2 is 1.38 bits per heavy atom. The minimum Gasteiger partial charge on any atom is -0.494 e. The Balaban J connectivity index is 1.46. The van der Waals surface area contributed by atoms with Crippen molar-refractivity contribution in [2.75, 3.05) is 19.8 Å². The molecule has 0 bridgehead atoms. The molecule has 0 aliphatic carbocycles. The zero-order valence-corrected chi connectivity index (χ0v) is 16.4. The van der Waals surface area contributed by atoms with Crippen molar-refractivity contribution in [3.63, 3.8) is 0 Å². The molecule has 0 radical (unpaired) electrons. The van der Waals surface area contributed by atoms with Crippen molar-refractivity contribution in [2.45, 2.75) is 26.3 Å². The van der Waals surface area contributed by atoms with E-state index in [1.165, 1.54) is 6.92 Å². The Bertz CT molecular complexity index is 857. The third kappa shape index (κ3) is 4.56. The van der Waals surface area contributed by atoms with Gasteiger partial charge in [-0.3, -0.25) is 14.5 Å². The number of esters is 1. The van der Waals surface area contributed by atoms with Gasteiger partial charge < -0.3 is 14.2 Å². The first kappa shape index (κ1) is 20.4. The number of nitrogens with zero attached hydrogens (tertiary/aromatic N) is 1. The summed E-state index contributed by atoms with van der Waals surface area (Å²) in [5.41, 5.74) is 0.596. The average Bonchev–Trinajstić information content (AvgIpc) is 3.00. The van der Waals surface area contributed by atoms with Gasteiger partial charge in [-0.2, -0.15) is 0 Å². The number of rotatable bonds is 9. The lowest BCUT2D eigenvalue weighted by Crippen LogP contribution is -2.44. The molecule has 1 aliphatic heterocycles. The fourth-order valence-corrected chi connectivity index (χ4v) is 2.94. The summed E-state index contributed by atoms with van der Waals surface area (Å²) in [6, 6.07) is 12.6. The Hall–Kier alpha value is -3.35. The number of imide groups is 1. The monoisotopic (exact) mass is 397 g/mol. The molecular formula is C22H23NO6. The fraction of sp³-hybridized carbons (Fsp3) is 0.318. The van der Waals surface area contributed by atoms with Crippen molar-refractivity contribution in [1.82, 2.24) is 4.90 Å². The van der Waals surface area contributed by atoms with Gasteiger partial charge in [0.15, 0.2) is 0 Å². The number of hydrogen-bond donors (Lipinski definition) is 0. The van der Waals surface area contributed by atoms with Gasteiger partial charge in [-0.15, -0.1) is 0 Å². The predicted octanol–water partition coefficient (Wildman–Crippen LogP) is 3.08. The lowest BCUT2D eigenvalue weighted by atomic mass is 10.1. The maximum Gasteiger partial charge on any atom is 0.329 e. The van der Waals surface area contributed by atoms with Crippen molar-refractivity contribution < 1.29 is 28.6 Å². The van der Waals surface area contributed by atoms with E-state index in [0.717, 1.165) is 17.1 Å². The van der Waals surface area contributed by atoms with Crippen molar-refractivity contribution >= 4 is 17.8 Å². The highest BCUT2D eigenvalue weighted by molar-refractivity contribution is 6.22. The fourth-order valence-electron chi connectivity index (χ4n) is 2.94. The quantitative estimate of drug-likeness (QED) is 0.367. The second-order valence-electron chi connectivity index (χ2n) is 6.54. The molecule has 0 N–H and O–H groups in total. The highest BCUT2D eigenvalue weighted by atomic mass is 16.6. The van der Waals surface area contributed by atoms with Crippen molar-refractivity contribution in [3.05, 3.63) is 59.7 Å². The third-order valence-electron chi connectivity index (χ3n) is 4.45. The van der Waals surface area contributed by atoms with Crippen LogP contribution in [-0.4, -0.2) is 48.5 Å². The molecule has 7 heteroatoms. The van der Waals surface area contributed by atoms with Gasteiger partial charge in [-0.1, -0.05) is 19.1 Å². The second-order valence-corrected chi connectivity index (χ2v) is 6.54. The van der Waals surface area contributed by atoms with E-state index in [0.29, 0.717) is 23.5 Å². The van der Waals surface area contributed by atoms with Gasteiger partial charge in [0.25, 0.3) is 11.8 Å². The first-order valence-corrected chi connectivity index (χ1v) is 9.52. The first-order valence-electron chi connectivity index (χ1n) is 9.52. The van der Waals surface area contributed by atoms with E-state index in [1.807, 2.05) is 6.92 Å². The Kier molecular flexibility index (Phi) is 6.49. The number of benzene rings is 2. The molecule has 1 heterocycles. The summed E-state index contributed by atoms with van der Waals surface area (Å²) in [6.07, 6.45) is 0.933. The van der Waals surface area contributed by atoms with Crippen LogP contribution in [0.3, 0.4) is 0 Å². The molecule has 0 fully saturated rings. The number of amides is 2. The second kappa shape index (κ2) is 9.23. The maximum absolute atomic E-state index is 12.4. The van der Waals surface area contributed by atoms with Gasteiger partial charge in [-0.05, 0) is 49.7 Å². The number of carbonyl (C=O) groups excluding carboxylic acids is 3. The van der Waals surface area contributed by atoms with E-state index >= 15 is 0 Å². The van der Waals surface area contributed by atoms with E-state index < -0.39 is 23.8 Å². The van der Waals surface area contributed by atoms with Crippen LogP contribution in [0.4, 0.5) is 0 Å². The van der Waals surface area contributed by atoms with E-state index in [-0.39, 0.29) is 13.2 Å². The lowest BCUT2D eigenvalue weighted by molar-refractivity contribution is -0.148. The van der Waals surface area contributed by atoms with Crippen LogP contribution in [0.1, 0.15) is 41.0 Å². The van der Waals surface area contributed by atoms with Crippen molar-refractivity contribution in [3.8, 4) is 11.5 Å². The van der Waals surface area contributed by atoms with Crippen LogP contribution < -0.4 is 9.47 Å². The lowest BCUT2D eigenvalue weighted by Gasteiger charge is -2.20. The van der Waals surface area contributed by atoms with Gasteiger partial charge in [0.1, 0.15) is 30.8 Å². The summed E-state index contributed by atoms with van der Waals surface area (Å²) in [5.74, 6) is -0.251. The molecule has 7 nitrogen and oxygen atoms in total. The smallest absolute Gasteiger partial charge is 0.329 e. The van der Waals surface area contributed by atoms with Gasteiger partial charge in [-0.25, -0.2) is 4.79 Å². The molecule has 3 rings (SSSR count). The summed E-state index contributed by atoms with van der Waals surface area (Å²) in [6.45, 7) is 4.31. The van der Waals surface area contributed by atoms with E-state index in [9.17, 15) is 14.4 Å². The van der Waals surface area contributed by atoms with Gasteiger partial charge in [0.2, 0.25) is 0 Å². The predicted molar refractivity (Wildman–Crippen MR) is 105 cm³/mol. The van der Waals surface area contributed by atoms with Crippen molar-refractivity contribution in [2.24, 2.45) is 0 Å². The molecule has 2 amide bonds. The Morgan fingerprint density at radius 1 is 0.862 bits per heavy atom. The molecule has 1 aliphatic rings. The van der Waals surface area contributed by atoms with Crippen LogP contribution in [0.2, 0.25) is 0 Å². The number of hydrogen-bond acceptors (Lipinski definition) is 6. The number of fused-ring (bicyclic) bond motifs is 1. The number of carbonyl (C=O) groups is 3. The minimum absolute atomic E-state index is 0.000425. The maximum atomic E-state index is 12.4. The highest BCUT2D eigenvalue weighted by Crippen LogP contribution is 2.24. The number of ether oxygens (including phenoxy) is 3. The standard InChI is InChI=1S/C22H23NO6/c1-3-12-27-16-8-10-17(11-9-16)28-13-14-29-22(26)15(2)23-20(24)18-6-4-5-7-19(18)21(23)25/h4-11,15H,3,12-14H2,1-2H3/t15-/m1/s1. The van der Waals surface area contributed by atoms with Crippen LogP contribution in [0.25, 0.3) is 0 Å². The molecule has 0 unspecified atom stereocenters. The van der Waals surface area contributed by atoms with Gasteiger partial charge >= 0.3 is 5.97 Å². The molecular weight excluding hydrogens is 374 g/mol. The first-order chi connectivity index (χ1) is 14.0.